The first-order chi connectivity index (χ1) is 6.98. The molecule has 15 heavy (non-hydrogen) atoms. The lowest BCUT2D eigenvalue weighted by atomic mass is 9.94. The first kappa shape index (κ1) is 10.6. The predicted octanol–water partition coefficient (Wildman–Crippen LogP) is -0.445. The number of H-pyrrole nitrogens is 1. The average Bonchev–Trinajstić information content (AvgIpc) is 2.65. The Morgan fingerprint density at radius 1 is 1.67 bits per heavy atom. The molecule has 0 aromatic carbocycles. The van der Waals surface area contributed by atoms with Gasteiger partial charge in [-0.05, 0) is 12.5 Å². The van der Waals surface area contributed by atoms with E-state index in [4.69, 9.17) is 0 Å². The third kappa shape index (κ3) is 1.66. The molecule has 1 saturated heterocycles. The standard InChI is InChI=1S/C8H13N3O3S/c1-2-8(12)5-11(6-8)15(13,14)7-3-4-9-10-7/h3-4,12H,2,5-6H2,1H3,(H,9,10). The molecule has 7 heteroatoms. The summed E-state index contributed by atoms with van der Waals surface area (Å²) < 4.78 is 24.9. The van der Waals surface area contributed by atoms with E-state index in [0.29, 0.717) is 6.42 Å². The van der Waals surface area contributed by atoms with Gasteiger partial charge in [-0.15, -0.1) is 0 Å². The van der Waals surface area contributed by atoms with Crippen molar-refractivity contribution in [2.75, 3.05) is 13.1 Å². The molecule has 0 spiro atoms. The molecular weight excluding hydrogens is 218 g/mol. The Balaban J connectivity index is 2.15. The number of sulfonamides is 1. The number of nitrogens with one attached hydrogen (secondary N) is 1. The van der Waals surface area contributed by atoms with Crippen molar-refractivity contribution in [1.29, 1.82) is 0 Å². The summed E-state index contributed by atoms with van der Waals surface area (Å²) in [7, 11) is -3.48. The van der Waals surface area contributed by atoms with E-state index in [1.807, 2.05) is 6.92 Å². The lowest BCUT2D eigenvalue weighted by Crippen LogP contribution is -2.62. The van der Waals surface area contributed by atoms with Crippen molar-refractivity contribution in [3.63, 3.8) is 0 Å². The average molecular weight is 231 g/mol. The number of β-amino-alcohol motifs (C(OH)–C–C–N with tert-alkyl or cyclic N) is 1. The molecule has 0 saturated carbocycles. The zero-order valence-electron chi connectivity index (χ0n) is 8.34. The van der Waals surface area contributed by atoms with Crippen LogP contribution < -0.4 is 0 Å². The Kier molecular flexibility index (Phi) is 2.32. The highest BCUT2D eigenvalue weighted by Crippen LogP contribution is 2.29. The number of hydrogen-bond donors (Lipinski definition) is 2. The fraction of sp³-hybridized carbons (Fsp3) is 0.625. The second-order valence-electron chi connectivity index (χ2n) is 3.77. The maximum Gasteiger partial charge on any atom is 0.260 e. The minimum Gasteiger partial charge on any atom is -0.387 e. The molecule has 0 bridgehead atoms. The Morgan fingerprint density at radius 3 is 2.80 bits per heavy atom. The second-order valence-corrected chi connectivity index (χ2v) is 5.68. The molecule has 2 heterocycles. The van der Waals surface area contributed by atoms with Crippen LogP contribution in [-0.4, -0.2) is 46.7 Å². The van der Waals surface area contributed by atoms with E-state index in [-0.39, 0.29) is 18.1 Å². The summed E-state index contributed by atoms with van der Waals surface area (Å²) in [6.45, 7) is 2.15. The Bertz CT molecular complexity index is 434. The monoisotopic (exact) mass is 231 g/mol. The van der Waals surface area contributed by atoms with Crippen molar-refractivity contribution in [1.82, 2.24) is 14.5 Å². The highest BCUT2D eigenvalue weighted by Gasteiger charge is 2.46. The molecule has 1 aromatic rings. The van der Waals surface area contributed by atoms with E-state index in [9.17, 15) is 13.5 Å². The van der Waals surface area contributed by atoms with Gasteiger partial charge in [0.15, 0.2) is 5.03 Å². The van der Waals surface area contributed by atoms with Crippen LogP contribution in [0.3, 0.4) is 0 Å². The summed E-state index contributed by atoms with van der Waals surface area (Å²) in [4.78, 5) is 0. The van der Waals surface area contributed by atoms with Crippen LogP contribution in [0, 0.1) is 0 Å². The first-order valence-electron chi connectivity index (χ1n) is 4.70. The quantitative estimate of drug-likeness (QED) is 0.738. The summed E-state index contributed by atoms with van der Waals surface area (Å²) in [6.07, 6.45) is 1.95. The van der Waals surface area contributed by atoms with Gasteiger partial charge in [-0.1, -0.05) is 6.92 Å². The van der Waals surface area contributed by atoms with Crippen molar-refractivity contribution in [3.8, 4) is 0 Å². The van der Waals surface area contributed by atoms with Crippen LogP contribution in [0.4, 0.5) is 0 Å². The molecule has 1 aliphatic rings. The zero-order chi connectivity index (χ0) is 11.1. The molecule has 0 unspecified atom stereocenters. The third-order valence-electron chi connectivity index (χ3n) is 2.69. The maximum absolute atomic E-state index is 11.8. The molecule has 0 aliphatic carbocycles. The van der Waals surface area contributed by atoms with Crippen LogP contribution in [0.1, 0.15) is 13.3 Å². The van der Waals surface area contributed by atoms with Gasteiger partial charge in [-0.25, -0.2) is 8.42 Å². The summed E-state index contributed by atoms with van der Waals surface area (Å²) in [5.41, 5.74) is -0.854. The van der Waals surface area contributed by atoms with E-state index in [1.54, 1.807) is 0 Å². The molecule has 1 fully saturated rings. The van der Waals surface area contributed by atoms with Crippen LogP contribution in [-0.2, 0) is 10.0 Å². The SMILES string of the molecule is CCC1(O)CN(S(=O)(=O)c2ccn[nH]2)C1. The minimum atomic E-state index is -3.48. The predicted molar refractivity (Wildman–Crippen MR) is 52.6 cm³/mol. The topological polar surface area (TPSA) is 86.3 Å². The van der Waals surface area contributed by atoms with Crippen molar-refractivity contribution < 1.29 is 13.5 Å². The summed E-state index contributed by atoms with van der Waals surface area (Å²) >= 11 is 0. The van der Waals surface area contributed by atoms with Gasteiger partial charge in [-0.3, -0.25) is 5.10 Å². The van der Waals surface area contributed by atoms with Gasteiger partial charge in [0.05, 0.1) is 11.8 Å². The van der Waals surface area contributed by atoms with Crippen molar-refractivity contribution in [2.24, 2.45) is 0 Å². The molecule has 0 amide bonds. The van der Waals surface area contributed by atoms with Crippen molar-refractivity contribution in [3.05, 3.63) is 12.3 Å². The largest absolute Gasteiger partial charge is 0.387 e. The normalized spacial score (nSPS) is 21.2. The number of rotatable bonds is 3. The second kappa shape index (κ2) is 3.29. The van der Waals surface area contributed by atoms with E-state index >= 15 is 0 Å². The van der Waals surface area contributed by atoms with Gasteiger partial charge >= 0.3 is 0 Å². The lowest BCUT2D eigenvalue weighted by Gasteiger charge is -2.44. The van der Waals surface area contributed by atoms with Gasteiger partial charge in [0.1, 0.15) is 0 Å². The smallest absolute Gasteiger partial charge is 0.260 e. The van der Waals surface area contributed by atoms with Crippen LogP contribution in [0.2, 0.25) is 0 Å². The number of aliphatic hydroxyl groups is 1. The molecular formula is C8H13N3O3S. The third-order valence-corrected chi connectivity index (χ3v) is 4.41. The summed E-state index contributed by atoms with van der Waals surface area (Å²) in [6, 6.07) is 1.40. The van der Waals surface area contributed by atoms with Crippen molar-refractivity contribution >= 4 is 10.0 Å². The fourth-order valence-corrected chi connectivity index (χ4v) is 3.03. The maximum atomic E-state index is 11.8. The minimum absolute atomic E-state index is 0.0700. The van der Waals surface area contributed by atoms with Crippen LogP contribution in [0.5, 0.6) is 0 Å². The number of nitrogens with zero attached hydrogens (tertiary/aromatic N) is 2. The Morgan fingerprint density at radius 2 is 2.33 bits per heavy atom. The van der Waals surface area contributed by atoms with Crippen LogP contribution in [0.15, 0.2) is 17.3 Å². The Hall–Kier alpha value is -0.920. The van der Waals surface area contributed by atoms with Gasteiger partial charge in [0.2, 0.25) is 0 Å². The van der Waals surface area contributed by atoms with Gasteiger partial charge in [0.25, 0.3) is 10.0 Å². The number of aromatic amines is 1. The van der Waals surface area contributed by atoms with E-state index < -0.39 is 15.6 Å². The molecule has 0 radical (unpaired) electrons. The fourth-order valence-electron chi connectivity index (χ4n) is 1.53. The number of aromatic nitrogens is 2. The van der Waals surface area contributed by atoms with Gasteiger partial charge < -0.3 is 5.11 Å². The molecule has 6 nitrogen and oxygen atoms in total. The van der Waals surface area contributed by atoms with E-state index in [2.05, 4.69) is 10.2 Å². The number of hydrogen-bond acceptors (Lipinski definition) is 4. The van der Waals surface area contributed by atoms with Crippen LogP contribution >= 0.6 is 0 Å². The Labute approximate surface area is 88.0 Å². The van der Waals surface area contributed by atoms with E-state index in [0.717, 1.165) is 0 Å². The first-order valence-corrected chi connectivity index (χ1v) is 6.14. The van der Waals surface area contributed by atoms with Gasteiger partial charge in [-0.2, -0.15) is 9.40 Å². The van der Waals surface area contributed by atoms with Crippen LogP contribution in [0.25, 0.3) is 0 Å². The zero-order valence-corrected chi connectivity index (χ0v) is 9.16. The summed E-state index contributed by atoms with van der Waals surface area (Å²) in [5, 5.41) is 15.8. The molecule has 84 valence electrons. The lowest BCUT2D eigenvalue weighted by molar-refractivity contribution is -0.0614. The van der Waals surface area contributed by atoms with Crippen molar-refractivity contribution in [2.45, 2.75) is 24.0 Å². The van der Waals surface area contributed by atoms with E-state index in [1.165, 1.54) is 16.6 Å². The highest BCUT2D eigenvalue weighted by molar-refractivity contribution is 7.89. The van der Waals surface area contributed by atoms with Gasteiger partial charge in [0, 0.05) is 13.1 Å². The molecule has 1 aliphatic heterocycles. The highest BCUT2D eigenvalue weighted by atomic mass is 32.2. The summed E-state index contributed by atoms with van der Waals surface area (Å²) in [5.74, 6) is 0. The molecule has 1 aromatic heterocycles. The molecule has 2 N–H and O–H groups in total. The molecule has 0 atom stereocenters. The molecule has 2 rings (SSSR count).